The number of ether oxygens (including phenoxy) is 2. The quantitative estimate of drug-likeness (QED) is 0.121. The highest BCUT2D eigenvalue weighted by atomic mass is 35.5. The Morgan fingerprint density at radius 3 is 2.62 bits per heavy atom. The van der Waals surface area contributed by atoms with Crippen LogP contribution in [0, 0.1) is 5.82 Å². The Morgan fingerprint density at radius 2 is 1.91 bits per heavy atom. The molecule has 1 aliphatic rings. The predicted molar refractivity (Wildman–Crippen MR) is 158 cm³/mol. The number of carbonyl (C=O) groups is 1. The fourth-order valence-corrected chi connectivity index (χ4v) is 6.69. The molecule has 236 valence electrons. The molecule has 1 aliphatic heterocycles. The standard InChI is InChI=1S/C30H25ClF4N4O5S/c1-18(28-23(31)7-4-8-24(28)32)13-19-9-10-27-26(14-19)39(45(41,42)22-6-3-5-20(15-22)30(33,34)35)16-21(44-27)11-12-38-17-25(36-37-38)29(40)43-2/h3-10,13-15,17,21H,11-12,16H2,1-2H3/b18-13+/t21-/m0/s1. The highest BCUT2D eigenvalue weighted by Gasteiger charge is 2.37. The molecule has 0 N–H and O–H groups in total. The summed E-state index contributed by atoms with van der Waals surface area (Å²) in [5, 5.41) is 7.79. The number of aromatic nitrogens is 3. The highest BCUT2D eigenvalue weighted by molar-refractivity contribution is 7.92. The molecule has 0 aliphatic carbocycles. The van der Waals surface area contributed by atoms with Gasteiger partial charge in [0.15, 0.2) is 5.69 Å². The first kappa shape index (κ1) is 32.0. The zero-order valence-corrected chi connectivity index (χ0v) is 25.3. The molecule has 15 heteroatoms. The first-order chi connectivity index (χ1) is 21.3. The molecule has 1 atom stereocenters. The second-order valence-corrected chi connectivity index (χ2v) is 12.4. The molecular formula is C30H25ClF4N4O5S. The summed E-state index contributed by atoms with van der Waals surface area (Å²) < 4.78 is 96.0. The maximum absolute atomic E-state index is 14.6. The fraction of sp³-hybridized carbons (Fsp3) is 0.233. The van der Waals surface area contributed by atoms with E-state index in [1.807, 2.05) is 0 Å². The molecule has 0 unspecified atom stereocenters. The Balaban J connectivity index is 1.52. The number of rotatable bonds is 8. The molecule has 3 aromatic carbocycles. The van der Waals surface area contributed by atoms with Crippen molar-refractivity contribution in [3.8, 4) is 5.75 Å². The van der Waals surface area contributed by atoms with E-state index in [2.05, 4.69) is 15.0 Å². The number of alkyl halides is 3. The van der Waals surface area contributed by atoms with Gasteiger partial charge in [0.05, 0.1) is 41.0 Å². The number of sulfonamides is 1. The molecule has 9 nitrogen and oxygen atoms in total. The third-order valence-corrected chi connectivity index (χ3v) is 9.11. The summed E-state index contributed by atoms with van der Waals surface area (Å²) >= 11 is 6.21. The van der Waals surface area contributed by atoms with E-state index in [9.17, 15) is 30.8 Å². The number of carbonyl (C=O) groups excluding carboxylic acids is 1. The van der Waals surface area contributed by atoms with E-state index in [0.29, 0.717) is 17.2 Å². The molecule has 0 fully saturated rings. The second kappa shape index (κ2) is 12.5. The molecule has 0 bridgehead atoms. The lowest BCUT2D eigenvalue weighted by molar-refractivity contribution is -0.137. The van der Waals surface area contributed by atoms with Crippen LogP contribution in [-0.2, 0) is 27.5 Å². The lowest BCUT2D eigenvalue weighted by atomic mass is 10.0. The minimum absolute atomic E-state index is 0.0197. The largest absolute Gasteiger partial charge is 0.486 e. The van der Waals surface area contributed by atoms with Crippen molar-refractivity contribution in [2.24, 2.45) is 0 Å². The summed E-state index contributed by atoms with van der Waals surface area (Å²) in [5.41, 5.74) is 0.0431. The molecule has 2 heterocycles. The summed E-state index contributed by atoms with van der Waals surface area (Å²) in [6.45, 7) is 1.56. The average Bonchev–Trinajstić information content (AvgIpc) is 3.48. The third-order valence-electron chi connectivity index (χ3n) is 7.02. The summed E-state index contributed by atoms with van der Waals surface area (Å²) in [7, 11) is -3.34. The monoisotopic (exact) mass is 664 g/mol. The molecule has 1 aromatic heterocycles. The number of hydrogen-bond donors (Lipinski definition) is 0. The normalized spacial score (nSPS) is 15.4. The summed E-state index contributed by atoms with van der Waals surface area (Å²) in [6.07, 6.45) is -2.35. The zero-order valence-electron chi connectivity index (χ0n) is 23.8. The molecule has 0 amide bonds. The van der Waals surface area contributed by atoms with E-state index in [4.69, 9.17) is 16.3 Å². The Morgan fingerprint density at radius 1 is 1.16 bits per heavy atom. The minimum atomic E-state index is -4.76. The van der Waals surface area contributed by atoms with Crippen LogP contribution in [-0.4, -0.2) is 49.1 Å². The van der Waals surface area contributed by atoms with E-state index in [1.54, 1.807) is 19.1 Å². The lowest BCUT2D eigenvalue weighted by Gasteiger charge is -2.36. The molecule has 0 saturated heterocycles. The second-order valence-electron chi connectivity index (χ2n) is 10.1. The van der Waals surface area contributed by atoms with Gasteiger partial charge in [0.25, 0.3) is 10.0 Å². The first-order valence-electron chi connectivity index (χ1n) is 13.4. The van der Waals surface area contributed by atoms with Gasteiger partial charge in [-0.25, -0.2) is 17.6 Å². The van der Waals surface area contributed by atoms with Crippen molar-refractivity contribution in [3.05, 3.63) is 100 Å². The molecular weight excluding hydrogens is 640 g/mol. The fourth-order valence-electron chi connectivity index (χ4n) is 4.84. The van der Waals surface area contributed by atoms with E-state index >= 15 is 0 Å². The van der Waals surface area contributed by atoms with Gasteiger partial charge < -0.3 is 9.47 Å². The number of esters is 1. The van der Waals surface area contributed by atoms with Crippen LogP contribution < -0.4 is 9.04 Å². The van der Waals surface area contributed by atoms with Gasteiger partial charge in [-0.15, -0.1) is 5.10 Å². The topological polar surface area (TPSA) is 104 Å². The Hall–Kier alpha value is -4.43. The Labute approximate surface area is 260 Å². The number of allylic oxidation sites excluding steroid dienone is 1. The maximum Gasteiger partial charge on any atom is 0.416 e. The number of benzene rings is 3. The van der Waals surface area contributed by atoms with Crippen LogP contribution in [0.3, 0.4) is 0 Å². The predicted octanol–water partition coefficient (Wildman–Crippen LogP) is 6.48. The van der Waals surface area contributed by atoms with Gasteiger partial charge in [-0.2, -0.15) is 13.2 Å². The van der Waals surface area contributed by atoms with E-state index < -0.39 is 44.5 Å². The SMILES string of the molecule is COC(=O)c1cn(CC[C@H]2CN(S(=O)(=O)c3cccc(C(F)(F)F)c3)c3cc(/C=C(\C)c4c(F)cccc4Cl)ccc3O2)nn1. The Kier molecular flexibility index (Phi) is 8.90. The van der Waals surface area contributed by atoms with Gasteiger partial charge in [0.1, 0.15) is 17.7 Å². The number of anilines is 1. The molecule has 0 saturated carbocycles. The third kappa shape index (κ3) is 6.81. The zero-order chi connectivity index (χ0) is 32.5. The van der Waals surface area contributed by atoms with Gasteiger partial charge >= 0.3 is 12.1 Å². The highest BCUT2D eigenvalue weighted by Crippen LogP contribution is 2.40. The smallest absolute Gasteiger partial charge is 0.416 e. The van der Waals surface area contributed by atoms with Gasteiger partial charge in [-0.05, 0) is 60.5 Å². The van der Waals surface area contributed by atoms with Crippen molar-refractivity contribution in [1.29, 1.82) is 0 Å². The molecule has 4 aromatic rings. The van der Waals surface area contributed by atoms with Crippen LogP contribution in [0.2, 0.25) is 5.02 Å². The summed E-state index contributed by atoms with van der Waals surface area (Å²) in [5.74, 6) is -1.06. The van der Waals surface area contributed by atoms with Gasteiger partial charge in [-0.3, -0.25) is 8.99 Å². The molecule has 45 heavy (non-hydrogen) atoms. The van der Waals surface area contributed by atoms with Crippen LogP contribution in [0.1, 0.15) is 40.5 Å². The number of fused-ring (bicyclic) bond motifs is 1. The number of hydrogen-bond acceptors (Lipinski definition) is 7. The first-order valence-corrected chi connectivity index (χ1v) is 15.2. The van der Waals surface area contributed by atoms with Crippen molar-refractivity contribution >= 4 is 44.9 Å². The van der Waals surface area contributed by atoms with E-state index in [0.717, 1.165) is 22.5 Å². The number of aryl methyl sites for hydroxylation is 1. The van der Waals surface area contributed by atoms with Crippen LogP contribution in [0.15, 0.2) is 71.8 Å². The van der Waals surface area contributed by atoms with E-state index in [1.165, 1.54) is 48.3 Å². The number of nitrogens with zero attached hydrogens (tertiary/aromatic N) is 4. The van der Waals surface area contributed by atoms with Crippen LogP contribution in [0.4, 0.5) is 23.2 Å². The molecule has 0 spiro atoms. The van der Waals surface area contributed by atoms with Crippen molar-refractivity contribution in [1.82, 2.24) is 15.0 Å². The van der Waals surface area contributed by atoms with Gasteiger partial charge in [-0.1, -0.05) is 41.1 Å². The van der Waals surface area contributed by atoms with Crippen molar-refractivity contribution in [2.75, 3.05) is 18.0 Å². The summed E-state index contributed by atoms with van der Waals surface area (Å²) in [4.78, 5) is 11.2. The summed E-state index contributed by atoms with van der Waals surface area (Å²) in [6, 6.07) is 12.4. The Bertz CT molecular complexity index is 1870. The van der Waals surface area contributed by atoms with Crippen LogP contribution in [0.5, 0.6) is 5.75 Å². The maximum atomic E-state index is 14.6. The molecule has 0 radical (unpaired) electrons. The number of methoxy groups -OCH3 is 1. The van der Waals surface area contributed by atoms with Crippen molar-refractivity contribution in [3.63, 3.8) is 0 Å². The average molecular weight is 665 g/mol. The molecule has 5 rings (SSSR count). The van der Waals surface area contributed by atoms with Crippen molar-refractivity contribution in [2.45, 2.75) is 37.1 Å². The lowest BCUT2D eigenvalue weighted by Crippen LogP contribution is -2.44. The van der Waals surface area contributed by atoms with Crippen LogP contribution >= 0.6 is 11.6 Å². The van der Waals surface area contributed by atoms with Gasteiger partial charge in [0, 0.05) is 18.5 Å². The minimum Gasteiger partial charge on any atom is -0.486 e. The van der Waals surface area contributed by atoms with Crippen LogP contribution in [0.25, 0.3) is 11.6 Å². The van der Waals surface area contributed by atoms with E-state index in [-0.39, 0.29) is 47.2 Å². The van der Waals surface area contributed by atoms with Gasteiger partial charge in [0.2, 0.25) is 0 Å². The van der Waals surface area contributed by atoms with Crippen molar-refractivity contribution < 1.29 is 40.2 Å². The number of halogens is 5.